The van der Waals surface area contributed by atoms with Crippen molar-refractivity contribution in [2.75, 3.05) is 23.4 Å². The summed E-state index contributed by atoms with van der Waals surface area (Å²) in [5.41, 5.74) is 2.23. The second kappa shape index (κ2) is 9.96. The van der Waals surface area contributed by atoms with E-state index in [4.69, 9.17) is 9.47 Å². The number of carbonyl (C=O) groups excluding carboxylic acids is 3. The van der Waals surface area contributed by atoms with Gasteiger partial charge in [-0.2, -0.15) is 0 Å². The number of hydrogen-bond donors (Lipinski definition) is 1. The Morgan fingerprint density at radius 2 is 1.90 bits per heavy atom. The van der Waals surface area contributed by atoms with E-state index in [-0.39, 0.29) is 25.0 Å². The fourth-order valence-corrected chi connectivity index (χ4v) is 3.78. The summed E-state index contributed by atoms with van der Waals surface area (Å²) in [6.45, 7) is 5.56. The van der Waals surface area contributed by atoms with Gasteiger partial charge in [0, 0.05) is 28.8 Å². The van der Waals surface area contributed by atoms with E-state index in [0.717, 1.165) is 10.0 Å². The molecule has 2 aromatic rings. The van der Waals surface area contributed by atoms with E-state index in [1.807, 2.05) is 32.9 Å². The number of rotatable bonds is 7. The SMILES string of the molecule is Cc1cc(Br)ccc1NC(=O)COC(=O)[C@H]1CC(=O)N(c2ccc(OC(C)C)cc2)C1. The number of aryl methyl sites for hydroxylation is 1. The highest BCUT2D eigenvalue weighted by atomic mass is 79.9. The molecule has 0 spiro atoms. The smallest absolute Gasteiger partial charge is 0.311 e. The van der Waals surface area contributed by atoms with E-state index in [9.17, 15) is 14.4 Å². The Hall–Kier alpha value is -2.87. The minimum absolute atomic E-state index is 0.0521. The Kier molecular flexibility index (Phi) is 7.33. The highest BCUT2D eigenvalue weighted by Crippen LogP contribution is 2.28. The number of benzene rings is 2. The predicted octanol–water partition coefficient (Wildman–Crippen LogP) is 4.08. The first-order valence-corrected chi connectivity index (χ1v) is 10.8. The van der Waals surface area contributed by atoms with Gasteiger partial charge in [-0.25, -0.2) is 0 Å². The summed E-state index contributed by atoms with van der Waals surface area (Å²) in [6, 6.07) is 12.6. The molecule has 31 heavy (non-hydrogen) atoms. The number of nitrogens with zero attached hydrogens (tertiary/aromatic N) is 1. The van der Waals surface area contributed by atoms with Crippen LogP contribution in [0.1, 0.15) is 25.8 Å². The normalized spacial score (nSPS) is 15.8. The highest BCUT2D eigenvalue weighted by Gasteiger charge is 2.36. The lowest BCUT2D eigenvalue weighted by molar-refractivity contribution is -0.151. The molecule has 0 aliphatic carbocycles. The van der Waals surface area contributed by atoms with Crippen molar-refractivity contribution in [3.8, 4) is 5.75 Å². The molecule has 1 atom stereocenters. The maximum atomic E-state index is 12.4. The summed E-state index contributed by atoms with van der Waals surface area (Å²) < 4.78 is 11.7. The molecule has 8 heteroatoms. The number of esters is 1. The van der Waals surface area contributed by atoms with Crippen molar-refractivity contribution in [1.29, 1.82) is 0 Å². The van der Waals surface area contributed by atoms with Crippen molar-refractivity contribution in [2.45, 2.75) is 33.3 Å². The molecule has 0 aromatic heterocycles. The molecule has 1 aliphatic heterocycles. The maximum absolute atomic E-state index is 12.4. The number of anilines is 2. The van der Waals surface area contributed by atoms with E-state index in [2.05, 4.69) is 21.2 Å². The summed E-state index contributed by atoms with van der Waals surface area (Å²) in [5, 5.41) is 2.72. The molecule has 2 aromatic carbocycles. The van der Waals surface area contributed by atoms with Crippen LogP contribution in [0, 0.1) is 12.8 Å². The Morgan fingerprint density at radius 1 is 1.19 bits per heavy atom. The first-order chi connectivity index (χ1) is 14.7. The molecule has 0 saturated carbocycles. The summed E-state index contributed by atoms with van der Waals surface area (Å²) in [5.74, 6) is -1.04. The molecule has 1 saturated heterocycles. The van der Waals surface area contributed by atoms with Gasteiger partial charge < -0.3 is 19.7 Å². The first-order valence-electron chi connectivity index (χ1n) is 10.0. The monoisotopic (exact) mass is 488 g/mol. The van der Waals surface area contributed by atoms with Crippen LogP contribution < -0.4 is 15.0 Å². The van der Waals surface area contributed by atoms with Crippen LogP contribution in [0.2, 0.25) is 0 Å². The molecular weight excluding hydrogens is 464 g/mol. The first kappa shape index (κ1) is 22.8. The zero-order valence-electron chi connectivity index (χ0n) is 17.7. The Bertz CT molecular complexity index is 974. The van der Waals surface area contributed by atoms with E-state index >= 15 is 0 Å². The zero-order chi connectivity index (χ0) is 22.5. The van der Waals surface area contributed by atoms with E-state index in [1.165, 1.54) is 0 Å². The number of hydrogen-bond acceptors (Lipinski definition) is 5. The quantitative estimate of drug-likeness (QED) is 0.593. The van der Waals surface area contributed by atoms with E-state index in [1.54, 1.807) is 35.2 Å². The Balaban J connectivity index is 1.52. The van der Waals surface area contributed by atoms with E-state index in [0.29, 0.717) is 17.1 Å². The van der Waals surface area contributed by atoms with Crippen LogP contribution in [0.4, 0.5) is 11.4 Å². The van der Waals surface area contributed by atoms with Gasteiger partial charge in [-0.15, -0.1) is 0 Å². The lowest BCUT2D eigenvalue weighted by Gasteiger charge is -2.17. The fourth-order valence-electron chi connectivity index (χ4n) is 3.30. The van der Waals surface area contributed by atoms with Gasteiger partial charge in [-0.3, -0.25) is 14.4 Å². The van der Waals surface area contributed by atoms with Gasteiger partial charge in [0.1, 0.15) is 5.75 Å². The largest absolute Gasteiger partial charge is 0.491 e. The van der Waals surface area contributed by atoms with E-state index < -0.39 is 24.4 Å². The maximum Gasteiger partial charge on any atom is 0.311 e. The molecule has 3 rings (SSSR count). The summed E-state index contributed by atoms with van der Waals surface area (Å²) >= 11 is 3.37. The van der Waals surface area contributed by atoms with Crippen molar-refractivity contribution in [2.24, 2.45) is 5.92 Å². The van der Waals surface area contributed by atoms with Gasteiger partial charge in [-0.1, -0.05) is 15.9 Å². The molecule has 1 fully saturated rings. The molecular formula is C23H25BrN2O5. The zero-order valence-corrected chi connectivity index (χ0v) is 19.3. The van der Waals surface area contributed by atoms with Gasteiger partial charge in [-0.05, 0) is 68.8 Å². The van der Waals surface area contributed by atoms with Gasteiger partial charge >= 0.3 is 5.97 Å². The third-order valence-corrected chi connectivity index (χ3v) is 5.28. The van der Waals surface area contributed by atoms with Crippen LogP contribution >= 0.6 is 15.9 Å². The summed E-state index contributed by atoms with van der Waals surface area (Å²) in [6.07, 6.45) is 0.111. The molecule has 2 amide bonds. The minimum atomic E-state index is -0.610. The molecule has 1 N–H and O–H groups in total. The van der Waals surface area contributed by atoms with Gasteiger partial charge in [0.15, 0.2) is 6.61 Å². The van der Waals surface area contributed by atoms with Gasteiger partial charge in [0.2, 0.25) is 5.91 Å². The molecule has 0 radical (unpaired) electrons. The second-order valence-electron chi connectivity index (χ2n) is 7.68. The molecule has 1 aliphatic rings. The van der Waals surface area contributed by atoms with Crippen LogP contribution in [0.5, 0.6) is 5.75 Å². The fraction of sp³-hybridized carbons (Fsp3) is 0.348. The molecule has 0 unspecified atom stereocenters. The van der Waals surface area contributed by atoms with Crippen molar-refractivity contribution in [3.63, 3.8) is 0 Å². The topological polar surface area (TPSA) is 84.9 Å². The van der Waals surface area contributed by atoms with Crippen LogP contribution in [-0.2, 0) is 19.1 Å². The average Bonchev–Trinajstić information content (AvgIpc) is 3.10. The van der Waals surface area contributed by atoms with Crippen LogP contribution in [0.3, 0.4) is 0 Å². The van der Waals surface area contributed by atoms with Crippen LogP contribution in [0.25, 0.3) is 0 Å². The molecule has 0 bridgehead atoms. The molecule has 1 heterocycles. The molecule has 7 nitrogen and oxygen atoms in total. The summed E-state index contributed by atoms with van der Waals surface area (Å²) in [4.78, 5) is 38.5. The number of carbonyl (C=O) groups is 3. The van der Waals surface area contributed by atoms with Crippen LogP contribution in [-0.4, -0.2) is 37.0 Å². The Morgan fingerprint density at radius 3 is 2.55 bits per heavy atom. The van der Waals surface area contributed by atoms with Crippen molar-refractivity contribution in [1.82, 2.24) is 0 Å². The lowest BCUT2D eigenvalue weighted by Crippen LogP contribution is -2.28. The van der Waals surface area contributed by atoms with Crippen molar-refractivity contribution >= 4 is 45.1 Å². The van der Waals surface area contributed by atoms with Gasteiger partial charge in [0.25, 0.3) is 5.91 Å². The minimum Gasteiger partial charge on any atom is -0.491 e. The number of nitrogens with one attached hydrogen (secondary N) is 1. The number of halogens is 1. The average molecular weight is 489 g/mol. The summed E-state index contributed by atoms with van der Waals surface area (Å²) in [7, 11) is 0. The van der Waals surface area contributed by atoms with Crippen LogP contribution in [0.15, 0.2) is 46.9 Å². The third kappa shape index (κ3) is 6.07. The number of amides is 2. The predicted molar refractivity (Wildman–Crippen MR) is 121 cm³/mol. The lowest BCUT2D eigenvalue weighted by atomic mass is 10.1. The van der Waals surface area contributed by atoms with Crippen molar-refractivity contribution in [3.05, 3.63) is 52.5 Å². The third-order valence-electron chi connectivity index (χ3n) is 4.79. The highest BCUT2D eigenvalue weighted by molar-refractivity contribution is 9.10. The molecule has 164 valence electrons. The second-order valence-corrected chi connectivity index (χ2v) is 8.60. The van der Waals surface area contributed by atoms with Gasteiger partial charge in [0.05, 0.1) is 12.0 Å². The standard InChI is InChI=1S/C23H25BrN2O5/c1-14(2)31-19-7-5-18(6-8-19)26-12-16(11-22(26)28)23(29)30-13-21(27)25-20-9-4-17(24)10-15(20)3/h4-10,14,16H,11-13H2,1-3H3,(H,25,27)/t16-/m0/s1. The Labute approximate surface area is 189 Å². The van der Waals surface area contributed by atoms with Crippen molar-refractivity contribution < 1.29 is 23.9 Å². The number of ether oxygens (including phenoxy) is 2.